The van der Waals surface area contributed by atoms with Gasteiger partial charge in [-0.3, -0.25) is 0 Å². The van der Waals surface area contributed by atoms with Gasteiger partial charge in [-0.05, 0) is 31.4 Å². The average Bonchev–Trinajstić information content (AvgIpc) is 2.64. The summed E-state index contributed by atoms with van der Waals surface area (Å²) in [6, 6.07) is 6.12. The Balaban J connectivity index is 2.05. The van der Waals surface area contributed by atoms with E-state index >= 15 is 0 Å². The highest BCUT2D eigenvalue weighted by Gasteiger charge is 2.19. The zero-order valence-electron chi connectivity index (χ0n) is 8.95. The molecule has 1 aromatic carbocycles. The van der Waals surface area contributed by atoms with E-state index in [2.05, 4.69) is 11.0 Å². The summed E-state index contributed by atoms with van der Waals surface area (Å²) in [6.07, 6.45) is 2.99. The van der Waals surface area contributed by atoms with Gasteiger partial charge in [-0.2, -0.15) is 0 Å². The normalized spacial score (nSPS) is 14.3. The van der Waals surface area contributed by atoms with E-state index in [0.717, 1.165) is 38.0 Å². The number of hydrogen-bond acceptors (Lipinski definition) is 3. The predicted molar refractivity (Wildman–Crippen MR) is 63.1 cm³/mol. The number of aliphatic hydroxyl groups excluding tert-OH is 1. The summed E-state index contributed by atoms with van der Waals surface area (Å²) in [5, 5.41) is 8.74. The molecule has 0 fully saturated rings. The first-order valence-corrected chi connectivity index (χ1v) is 5.56. The summed E-state index contributed by atoms with van der Waals surface area (Å²) in [5.74, 6) is 0. The molecule has 0 saturated carbocycles. The molecule has 0 unspecified atom stereocenters. The van der Waals surface area contributed by atoms with Crippen LogP contribution in [0.3, 0.4) is 0 Å². The fourth-order valence-corrected chi connectivity index (χ4v) is 2.17. The molecule has 3 heteroatoms. The van der Waals surface area contributed by atoms with Gasteiger partial charge in [0.05, 0.1) is 0 Å². The molecule has 0 atom stereocenters. The average molecular weight is 206 g/mol. The van der Waals surface area contributed by atoms with E-state index in [9.17, 15) is 0 Å². The van der Waals surface area contributed by atoms with Gasteiger partial charge in [0.1, 0.15) is 0 Å². The maximum Gasteiger partial charge on any atom is 0.0431 e. The van der Waals surface area contributed by atoms with Crippen LogP contribution in [0.2, 0.25) is 0 Å². The van der Waals surface area contributed by atoms with Crippen molar-refractivity contribution in [2.75, 3.05) is 30.3 Å². The lowest BCUT2D eigenvalue weighted by Crippen LogP contribution is -2.21. The lowest BCUT2D eigenvalue weighted by atomic mass is 10.1. The second-order valence-electron chi connectivity index (χ2n) is 4.01. The van der Waals surface area contributed by atoms with Crippen molar-refractivity contribution in [3.05, 3.63) is 23.8 Å². The molecular weight excluding hydrogens is 188 g/mol. The first kappa shape index (κ1) is 10.3. The minimum atomic E-state index is 0.289. The zero-order valence-corrected chi connectivity index (χ0v) is 8.95. The quantitative estimate of drug-likeness (QED) is 0.578. The number of rotatable bonds is 4. The maximum absolute atomic E-state index is 8.74. The van der Waals surface area contributed by atoms with Gasteiger partial charge < -0.3 is 15.7 Å². The molecule has 0 bridgehead atoms. The molecule has 1 heterocycles. The number of nitrogen functional groups attached to an aromatic ring is 1. The van der Waals surface area contributed by atoms with Gasteiger partial charge >= 0.3 is 0 Å². The molecular formula is C12H18N2O. The highest BCUT2D eigenvalue weighted by Crippen LogP contribution is 2.31. The van der Waals surface area contributed by atoms with E-state index in [4.69, 9.17) is 10.8 Å². The number of hydrogen-bond donors (Lipinski definition) is 2. The Morgan fingerprint density at radius 1 is 1.33 bits per heavy atom. The molecule has 3 nitrogen and oxygen atoms in total. The van der Waals surface area contributed by atoms with E-state index in [1.54, 1.807) is 0 Å². The molecule has 2 rings (SSSR count). The van der Waals surface area contributed by atoms with Crippen molar-refractivity contribution in [1.29, 1.82) is 0 Å². The third-order valence-electron chi connectivity index (χ3n) is 3.00. The Kier molecular flexibility index (Phi) is 3.11. The van der Waals surface area contributed by atoms with Crippen LogP contribution in [-0.4, -0.2) is 24.8 Å². The third kappa shape index (κ3) is 2.07. The lowest BCUT2D eigenvalue weighted by molar-refractivity contribution is 0.285. The number of nitrogens with zero attached hydrogens (tertiary/aromatic N) is 1. The van der Waals surface area contributed by atoms with Crippen LogP contribution in [0.5, 0.6) is 0 Å². The maximum atomic E-state index is 8.74. The van der Waals surface area contributed by atoms with Crippen LogP contribution < -0.4 is 10.6 Å². The molecule has 0 amide bonds. The Morgan fingerprint density at radius 2 is 2.20 bits per heavy atom. The minimum Gasteiger partial charge on any atom is -0.398 e. The van der Waals surface area contributed by atoms with Crippen LogP contribution in [0, 0.1) is 0 Å². The van der Waals surface area contributed by atoms with Crippen molar-refractivity contribution in [3.63, 3.8) is 0 Å². The van der Waals surface area contributed by atoms with Crippen LogP contribution >= 0.6 is 0 Å². The fourth-order valence-electron chi connectivity index (χ4n) is 2.17. The van der Waals surface area contributed by atoms with Crippen molar-refractivity contribution in [1.82, 2.24) is 0 Å². The Morgan fingerprint density at radius 3 is 3.00 bits per heavy atom. The van der Waals surface area contributed by atoms with Crippen molar-refractivity contribution in [3.8, 4) is 0 Å². The molecule has 15 heavy (non-hydrogen) atoms. The second-order valence-corrected chi connectivity index (χ2v) is 4.01. The number of fused-ring (bicyclic) bond motifs is 1. The lowest BCUT2D eigenvalue weighted by Gasteiger charge is -2.19. The third-order valence-corrected chi connectivity index (χ3v) is 3.00. The number of nitrogens with two attached hydrogens (primary N) is 1. The number of benzene rings is 1. The summed E-state index contributed by atoms with van der Waals surface area (Å²) >= 11 is 0. The summed E-state index contributed by atoms with van der Waals surface area (Å²) in [4.78, 5) is 2.36. The molecule has 0 spiro atoms. The first-order chi connectivity index (χ1) is 7.33. The van der Waals surface area contributed by atoms with Gasteiger partial charge in [0.2, 0.25) is 0 Å². The summed E-state index contributed by atoms with van der Waals surface area (Å²) in [5.41, 5.74) is 9.41. The monoisotopic (exact) mass is 206 g/mol. The summed E-state index contributed by atoms with van der Waals surface area (Å²) in [7, 11) is 0. The zero-order chi connectivity index (χ0) is 10.7. The second kappa shape index (κ2) is 4.53. The minimum absolute atomic E-state index is 0.289. The first-order valence-electron chi connectivity index (χ1n) is 5.56. The Labute approximate surface area is 90.5 Å². The molecule has 0 radical (unpaired) electrons. The topological polar surface area (TPSA) is 49.5 Å². The van der Waals surface area contributed by atoms with Crippen LogP contribution in [0.1, 0.15) is 18.4 Å². The molecule has 0 aliphatic carbocycles. The molecule has 0 saturated heterocycles. The summed E-state index contributed by atoms with van der Waals surface area (Å²) in [6.45, 7) is 2.38. The van der Waals surface area contributed by atoms with Gasteiger partial charge in [-0.25, -0.2) is 0 Å². The van der Waals surface area contributed by atoms with Gasteiger partial charge in [0.25, 0.3) is 0 Å². The van der Waals surface area contributed by atoms with Crippen LogP contribution in [-0.2, 0) is 6.42 Å². The van der Waals surface area contributed by atoms with Crippen molar-refractivity contribution in [2.45, 2.75) is 19.3 Å². The predicted octanol–water partition coefficient (Wildman–Crippen LogP) is 1.40. The highest BCUT2D eigenvalue weighted by molar-refractivity contribution is 5.68. The molecule has 1 aliphatic rings. The standard InChI is InChI=1S/C12H18N2O/c13-11-4-3-5-12-10(11)6-8-14(12)7-1-2-9-15/h3-5,15H,1-2,6-9,13H2. The van der Waals surface area contributed by atoms with E-state index in [1.807, 2.05) is 12.1 Å². The van der Waals surface area contributed by atoms with Crippen molar-refractivity contribution < 1.29 is 5.11 Å². The van der Waals surface area contributed by atoms with Crippen LogP contribution in [0.25, 0.3) is 0 Å². The molecule has 3 N–H and O–H groups in total. The molecule has 82 valence electrons. The van der Waals surface area contributed by atoms with Gasteiger partial charge in [0.15, 0.2) is 0 Å². The van der Waals surface area contributed by atoms with Crippen molar-refractivity contribution >= 4 is 11.4 Å². The van der Waals surface area contributed by atoms with E-state index in [0.29, 0.717) is 0 Å². The molecule has 1 aliphatic heterocycles. The van der Waals surface area contributed by atoms with Crippen LogP contribution in [0.15, 0.2) is 18.2 Å². The number of aliphatic hydroxyl groups is 1. The number of unbranched alkanes of at least 4 members (excludes halogenated alkanes) is 1. The van der Waals surface area contributed by atoms with Gasteiger partial charge in [-0.1, -0.05) is 6.07 Å². The number of anilines is 2. The Bertz CT molecular complexity index is 338. The fraction of sp³-hybridized carbons (Fsp3) is 0.500. The molecule has 1 aromatic rings. The highest BCUT2D eigenvalue weighted by atomic mass is 16.2. The van der Waals surface area contributed by atoms with E-state index in [-0.39, 0.29) is 6.61 Å². The summed E-state index contributed by atoms with van der Waals surface area (Å²) < 4.78 is 0. The van der Waals surface area contributed by atoms with E-state index < -0.39 is 0 Å². The van der Waals surface area contributed by atoms with E-state index in [1.165, 1.54) is 11.3 Å². The smallest absolute Gasteiger partial charge is 0.0431 e. The van der Waals surface area contributed by atoms with Gasteiger partial charge in [-0.15, -0.1) is 0 Å². The largest absolute Gasteiger partial charge is 0.398 e. The van der Waals surface area contributed by atoms with Gasteiger partial charge in [0, 0.05) is 36.6 Å². The van der Waals surface area contributed by atoms with Crippen molar-refractivity contribution in [2.24, 2.45) is 0 Å². The molecule has 0 aromatic heterocycles. The van der Waals surface area contributed by atoms with Crippen LogP contribution in [0.4, 0.5) is 11.4 Å². The Hall–Kier alpha value is -1.22. The SMILES string of the molecule is Nc1cccc2c1CCN2CCCCO.